The summed E-state index contributed by atoms with van der Waals surface area (Å²) in [5.41, 5.74) is -0.306. The van der Waals surface area contributed by atoms with Gasteiger partial charge in [-0.2, -0.15) is 0 Å². The van der Waals surface area contributed by atoms with Crippen molar-refractivity contribution in [1.29, 1.82) is 0 Å². The molecule has 0 radical (unpaired) electrons. The number of hydrogen-bond donors (Lipinski definition) is 2. The van der Waals surface area contributed by atoms with Gasteiger partial charge in [-0.1, -0.05) is 6.92 Å². The van der Waals surface area contributed by atoms with Crippen molar-refractivity contribution in [2.45, 2.75) is 13.3 Å². The third-order valence-corrected chi connectivity index (χ3v) is 2.15. The standard InChI is InChI=1S/C6H13BO4.Na.H/c1-2-6(3-8)4-10-7(9)11-5-6;;/h8-9H,2-5H2,1H3;;/q;+1;-1. The quantitative estimate of drug-likeness (QED) is 0.437. The van der Waals surface area contributed by atoms with E-state index in [4.69, 9.17) is 19.4 Å². The summed E-state index contributed by atoms with van der Waals surface area (Å²) in [7, 11) is -1.11. The van der Waals surface area contributed by atoms with Crippen molar-refractivity contribution in [2.24, 2.45) is 5.41 Å². The molecule has 0 aliphatic carbocycles. The van der Waals surface area contributed by atoms with Crippen molar-refractivity contribution >= 4 is 7.32 Å². The molecule has 1 saturated heterocycles. The van der Waals surface area contributed by atoms with Crippen molar-refractivity contribution < 1.29 is 50.4 Å². The normalized spacial score (nSPS) is 21.8. The molecule has 0 aromatic rings. The van der Waals surface area contributed by atoms with Gasteiger partial charge in [0, 0.05) is 18.6 Å². The second kappa shape index (κ2) is 5.60. The minimum Gasteiger partial charge on any atom is -1.00 e. The fourth-order valence-electron chi connectivity index (χ4n) is 0.993. The molecule has 1 aliphatic heterocycles. The Labute approximate surface area is 96.2 Å². The van der Waals surface area contributed by atoms with E-state index in [1.807, 2.05) is 6.92 Å². The summed E-state index contributed by atoms with van der Waals surface area (Å²) in [5, 5.41) is 17.8. The van der Waals surface area contributed by atoms with Gasteiger partial charge in [0.2, 0.25) is 0 Å². The fourth-order valence-corrected chi connectivity index (χ4v) is 0.993. The molecule has 6 heteroatoms. The van der Waals surface area contributed by atoms with Crippen molar-refractivity contribution in [2.75, 3.05) is 19.8 Å². The second-order valence-electron chi connectivity index (χ2n) is 2.94. The summed E-state index contributed by atoms with van der Waals surface area (Å²) >= 11 is 0. The van der Waals surface area contributed by atoms with Crippen LogP contribution in [0, 0.1) is 5.41 Å². The third kappa shape index (κ3) is 2.99. The molecule has 1 heterocycles. The Morgan fingerprint density at radius 2 is 2.00 bits per heavy atom. The molecule has 0 aromatic heterocycles. The molecule has 1 fully saturated rings. The van der Waals surface area contributed by atoms with Crippen molar-refractivity contribution in [1.82, 2.24) is 0 Å². The van der Waals surface area contributed by atoms with Gasteiger partial charge < -0.3 is 20.9 Å². The van der Waals surface area contributed by atoms with Crippen LogP contribution in [0.4, 0.5) is 0 Å². The van der Waals surface area contributed by atoms with Crippen LogP contribution in [-0.4, -0.2) is 37.3 Å². The first-order valence-electron chi connectivity index (χ1n) is 3.74. The molecule has 1 rings (SSSR count). The SMILES string of the molecule is CCC1(CO)COB(O)OC1.[H-].[Na+]. The maximum atomic E-state index is 8.99. The third-order valence-electron chi connectivity index (χ3n) is 2.15. The Hall–Kier alpha value is 0.905. The zero-order chi connectivity index (χ0) is 8.32. The van der Waals surface area contributed by atoms with Gasteiger partial charge in [0.05, 0.1) is 6.61 Å². The molecule has 0 saturated carbocycles. The Bertz CT molecular complexity index is 126. The maximum Gasteiger partial charge on any atom is 1.00 e. The van der Waals surface area contributed by atoms with Gasteiger partial charge >= 0.3 is 36.9 Å². The van der Waals surface area contributed by atoms with Crippen LogP contribution in [-0.2, 0) is 9.31 Å². The van der Waals surface area contributed by atoms with E-state index in [0.29, 0.717) is 13.2 Å². The number of aliphatic hydroxyl groups is 1. The van der Waals surface area contributed by atoms with Gasteiger partial charge in [-0.05, 0) is 6.42 Å². The molecule has 12 heavy (non-hydrogen) atoms. The predicted octanol–water partition coefficient (Wildman–Crippen LogP) is -3.48. The fraction of sp³-hybridized carbons (Fsp3) is 1.00. The summed E-state index contributed by atoms with van der Waals surface area (Å²) < 4.78 is 9.70. The number of hydrogen-bond acceptors (Lipinski definition) is 4. The molecule has 0 unspecified atom stereocenters. The van der Waals surface area contributed by atoms with Gasteiger partial charge in [-0.25, -0.2) is 0 Å². The van der Waals surface area contributed by atoms with Crippen LogP contribution >= 0.6 is 0 Å². The molecule has 0 spiro atoms. The Kier molecular flexibility index (Phi) is 6.02. The average molecular weight is 184 g/mol. The van der Waals surface area contributed by atoms with E-state index in [-0.39, 0.29) is 43.0 Å². The maximum absolute atomic E-state index is 8.99. The topological polar surface area (TPSA) is 58.9 Å². The van der Waals surface area contributed by atoms with Crippen molar-refractivity contribution in [3.63, 3.8) is 0 Å². The molecule has 4 nitrogen and oxygen atoms in total. The van der Waals surface area contributed by atoms with Crippen molar-refractivity contribution in [3.05, 3.63) is 0 Å². The zero-order valence-corrected chi connectivity index (χ0v) is 9.62. The van der Waals surface area contributed by atoms with Crippen LogP contribution in [0.25, 0.3) is 0 Å². The van der Waals surface area contributed by atoms with Crippen LogP contribution in [0.2, 0.25) is 0 Å². The summed E-state index contributed by atoms with van der Waals surface area (Å²) in [6.45, 7) is 2.72. The Balaban J connectivity index is 0. The molecular formula is C6H14BNaO4. The summed E-state index contributed by atoms with van der Waals surface area (Å²) in [5.74, 6) is 0. The monoisotopic (exact) mass is 184 g/mol. The first-order chi connectivity index (χ1) is 5.22. The molecule has 2 N–H and O–H groups in total. The molecule has 66 valence electrons. The zero-order valence-electron chi connectivity index (χ0n) is 8.62. The van der Waals surface area contributed by atoms with E-state index in [1.165, 1.54) is 0 Å². The average Bonchev–Trinajstić information content (AvgIpc) is 2.07. The van der Waals surface area contributed by atoms with Crippen LogP contribution < -0.4 is 29.6 Å². The predicted molar refractivity (Wildman–Crippen MR) is 40.8 cm³/mol. The molecule has 0 atom stereocenters. The van der Waals surface area contributed by atoms with Crippen molar-refractivity contribution in [3.8, 4) is 0 Å². The van der Waals surface area contributed by atoms with E-state index in [1.54, 1.807) is 0 Å². The van der Waals surface area contributed by atoms with Gasteiger partial charge in [-0.3, -0.25) is 0 Å². The minimum absolute atomic E-state index is 0. The first kappa shape index (κ1) is 12.9. The van der Waals surface area contributed by atoms with Gasteiger partial charge in [0.25, 0.3) is 0 Å². The van der Waals surface area contributed by atoms with E-state index < -0.39 is 7.32 Å². The van der Waals surface area contributed by atoms with Crippen LogP contribution in [0.3, 0.4) is 0 Å². The largest absolute Gasteiger partial charge is 1.00 e. The van der Waals surface area contributed by atoms with E-state index >= 15 is 0 Å². The van der Waals surface area contributed by atoms with E-state index in [2.05, 4.69) is 0 Å². The molecule has 0 amide bonds. The van der Waals surface area contributed by atoms with E-state index in [0.717, 1.165) is 6.42 Å². The van der Waals surface area contributed by atoms with Crippen LogP contribution in [0.5, 0.6) is 0 Å². The summed E-state index contributed by atoms with van der Waals surface area (Å²) in [6, 6.07) is 0. The summed E-state index contributed by atoms with van der Waals surface area (Å²) in [6.07, 6.45) is 0.788. The summed E-state index contributed by atoms with van der Waals surface area (Å²) in [4.78, 5) is 0. The van der Waals surface area contributed by atoms with Crippen LogP contribution in [0.1, 0.15) is 14.8 Å². The number of rotatable bonds is 2. The minimum atomic E-state index is -1.11. The van der Waals surface area contributed by atoms with Crippen LogP contribution in [0.15, 0.2) is 0 Å². The first-order valence-corrected chi connectivity index (χ1v) is 3.74. The smallest absolute Gasteiger partial charge is 1.00 e. The number of aliphatic hydroxyl groups excluding tert-OH is 1. The Morgan fingerprint density at radius 3 is 2.33 bits per heavy atom. The second-order valence-corrected chi connectivity index (χ2v) is 2.94. The molecule has 1 aliphatic rings. The molecular weight excluding hydrogens is 170 g/mol. The van der Waals surface area contributed by atoms with Gasteiger partial charge in [-0.15, -0.1) is 0 Å². The van der Waals surface area contributed by atoms with Gasteiger partial charge in [0.15, 0.2) is 0 Å². The molecule has 0 bridgehead atoms. The van der Waals surface area contributed by atoms with E-state index in [9.17, 15) is 0 Å². The Morgan fingerprint density at radius 1 is 1.50 bits per heavy atom. The van der Waals surface area contributed by atoms with Gasteiger partial charge in [0.1, 0.15) is 0 Å². The molecule has 0 aromatic carbocycles.